The molecule has 0 heterocycles. The van der Waals surface area contributed by atoms with Crippen molar-refractivity contribution in [2.45, 2.75) is 4.90 Å². The van der Waals surface area contributed by atoms with E-state index in [0.29, 0.717) is 0 Å². The largest absolute Gasteiger partial charge is 0.304 e. The van der Waals surface area contributed by atoms with Gasteiger partial charge in [0.25, 0.3) is 0 Å². The minimum atomic E-state index is 0.754. The fourth-order valence-corrected chi connectivity index (χ4v) is 1.71. The monoisotopic (exact) mass is 227 g/mol. The van der Waals surface area contributed by atoms with Crippen LogP contribution in [-0.4, -0.2) is 25.5 Å². The first-order valence-corrected chi connectivity index (χ1v) is 5.21. The average Bonchev–Trinajstić information content (AvgIpc) is 2.07. The maximum Gasteiger partial charge on any atom is 0.0335 e. The number of nitrogens with zero attached hydrogens (tertiary/aromatic N) is 1. The highest BCUT2D eigenvalue weighted by Crippen LogP contribution is 2.18. The summed E-state index contributed by atoms with van der Waals surface area (Å²) < 4.78 is 0. The van der Waals surface area contributed by atoms with Gasteiger partial charge in [-0.1, -0.05) is 29.8 Å². The molecule has 0 bridgehead atoms. The highest BCUT2D eigenvalue weighted by atomic mass is 35.5. The molecule has 3 heteroatoms. The van der Waals surface area contributed by atoms with Crippen molar-refractivity contribution in [1.82, 2.24) is 4.90 Å². The van der Waals surface area contributed by atoms with Crippen LogP contribution in [0.2, 0.25) is 0 Å². The van der Waals surface area contributed by atoms with Gasteiger partial charge in [0.05, 0.1) is 0 Å². The summed E-state index contributed by atoms with van der Waals surface area (Å²) in [5, 5.41) is 0.816. The summed E-state index contributed by atoms with van der Waals surface area (Å²) in [6.07, 6.45) is 1.95. The van der Waals surface area contributed by atoms with Gasteiger partial charge in [0, 0.05) is 16.5 Å². The molecule has 0 atom stereocenters. The highest BCUT2D eigenvalue weighted by molar-refractivity contribution is 7.80. The van der Waals surface area contributed by atoms with Gasteiger partial charge in [0.1, 0.15) is 0 Å². The van der Waals surface area contributed by atoms with Crippen LogP contribution in [0, 0.1) is 0 Å². The van der Waals surface area contributed by atoms with E-state index < -0.39 is 0 Å². The molecule has 0 spiro atoms. The van der Waals surface area contributed by atoms with Crippen LogP contribution < -0.4 is 0 Å². The normalized spacial score (nSPS) is 12.2. The van der Waals surface area contributed by atoms with Crippen molar-refractivity contribution in [3.05, 3.63) is 34.9 Å². The lowest BCUT2D eigenvalue weighted by Gasteiger charge is -2.08. The molecule has 0 aliphatic rings. The molecule has 0 unspecified atom stereocenters. The molecular weight excluding hydrogens is 214 g/mol. The second-order valence-corrected chi connectivity index (χ2v) is 4.36. The maximum atomic E-state index is 6.07. The van der Waals surface area contributed by atoms with Gasteiger partial charge in [-0.3, -0.25) is 0 Å². The Morgan fingerprint density at radius 1 is 1.43 bits per heavy atom. The third kappa shape index (κ3) is 3.74. The van der Waals surface area contributed by atoms with E-state index in [2.05, 4.69) is 12.6 Å². The Balaban J connectivity index is 2.81. The minimum Gasteiger partial charge on any atom is -0.304 e. The van der Waals surface area contributed by atoms with E-state index in [9.17, 15) is 0 Å². The van der Waals surface area contributed by atoms with E-state index in [1.54, 1.807) is 0 Å². The molecule has 0 amide bonds. The van der Waals surface area contributed by atoms with E-state index in [4.69, 9.17) is 11.6 Å². The molecule has 1 aromatic carbocycles. The lowest BCUT2D eigenvalue weighted by molar-refractivity contribution is 0.453. The smallest absolute Gasteiger partial charge is 0.0335 e. The molecule has 0 fully saturated rings. The first kappa shape index (κ1) is 11.6. The fourth-order valence-electron chi connectivity index (χ4n) is 1.13. The topological polar surface area (TPSA) is 3.24 Å². The summed E-state index contributed by atoms with van der Waals surface area (Å²) in [5.41, 5.74) is 1.06. The van der Waals surface area contributed by atoms with Crippen molar-refractivity contribution in [1.29, 1.82) is 0 Å². The Morgan fingerprint density at radius 2 is 2.07 bits per heavy atom. The summed E-state index contributed by atoms with van der Waals surface area (Å²) >= 11 is 10.4. The standard InChI is InChI=1S/C11H14ClNS/c1-13(2)8-10(12)7-9-5-3-4-6-11(9)14/h3-7,14H,8H2,1-2H3/b10-7-. The molecule has 1 nitrogen and oxygen atoms in total. The molecule has 1 rings (SSSR count). The molecule has 0 aliphatic heterocycles. The van der Waals surface area contributed by atoms with Gasteiger partial charge in [0.15, 0.2) is 0 Å². The third-order valence-corrected chi connectivity index (χ3v) is 2.35. The van der Waals surface area contributed by atoms with Crippen LogP contribution in [0.4, 0.5) is 0 Å². The Labute approximate surface area is 95.8 Å². The number of hydrogen-bond acceptors (Lipinski definition) is 2. The maximum absolute atomic E-state index is 6.07. The van der Waals surface area contributed by atoms with Crippen molar-refractivity contribution in [3.63, 3.8) is 0 Å². The fraction of sp³-hybridized carbons (Fsp3) is 0.273. The number of likely N-dealkylation sites (N-methyl/N-ethyl adjacent to an activating group) is 1. The molecule has 0 N–H and O–H groups in total. The van der Waals surface area contributed by atoms with E-state index in [1.807, 2.05) is 49.3 Å². The van der Waals surface area contributed by atoms with Crippen LogP contribution >= 0.6 is 24.2 Å². The SMILES string of the molecule is CN(C)C/C(Cl)=C/c1ccccc1S. The first-order valence-electron chi connectivity index (χ1n) is 4.38. The summed E-state index contributed by atoms with van der Waals surface area (Å²) in [4.78, 5) is 2.98. The zero-order valence-corrected chi connectivity index (χ0v) is 10.0. The molecule has 0 saturated carbocycles. The van der Waals surface area contributed by atoms with Gasteiger partial charge in [0.2, 0.25) is 0 Å². The van der Waals surface area contributed by atoms with Crippen molar-refractivity contribution in [3.8, 4) is 0 Å². The van der Waals surface area contributed by atoms with Gasteiger partial charge in [-0.25, -0.2) is 0 Å². The van der Waals surface area contributed by atoms with Crippen molar-refractivity contribution in [2.75, 3.05) is 20.6 Å². The van der Waals surface area contributed by atoms with Gasteiger partial charge in [-0.05, 0) is 31.8 Å². The molecule has 0 aromatic heterocycles. The Bertz CT molecular complexity index is 334. The predicted octanol–water partition coefficient (Wildman–Crippen LogP) is 3.12. The van der Waals surface area contributed by atoms with Crippen molar-refractivity contribution >= 4 is 30.3 Å². The van der Waals surface area contributed by atoms with Crippen LogP contribution in [0.1, 0.15) is 5.56 Å². The molecule has 14 heavy (non-hydrogen) atoms. The third-order valence-electron chi connectivity index (χ3n) is 1.72. The number of hydrogen-bond donors (Lipinski definition) is 1. The Hall–Kier alpha value is -0.440. The predicted molar refractivity (Wildman–Crippen MR) is 66.1 cm³/mol. The second kappa shape index (κ2) is 5.44. The van der Waals surface area contributed by atoms with E-state index in [-0.39, 0.29) is 0 Å². The van der Waals surface area contributed by atoms with Crippen molar-refractivity contribution < 1.29 is 0 Å². The molecule has 0 radical (unpaired) electrons. The van der Waals surface area contributed by atoms with E-state index in [0.717, 1.165) is 22.0 Å². The molecular formula is C11H14ClNS. The van der Waals surface area contributed by atoms with Crippen LogP contribution in [0.15, 0.2) is 34.2 Å². The van der Waals surface area contributed by atoms with Gasteiger partial charge in [-0.2, -0.15) is 0 Å². The zero-order chi connectivity index (χ0) is 10.6. The molecule has 76 valence electrons. The molecule has 0 aliphatic carbocycles. The Morgan fingerprint density at radius 3 is 2.64 bits per heavy atom. The number of halogens is 1. The van der Waals surface area contributed by atoms with Gasteiger partial charge < -0.3 is 4.90 Å². The van der Waals surface area contributed by atoms with Gasteiger partial charge >= 0.3 is 0 Å². The number of thiol groups is 1. The van der Waals surface area contributed by atoms with Crippen LogP contribution in [-0.2, 0) is 0 Å². The minimum absolute atomic E-state index is 0.754. The highest BCUT2D eigenvalue weighted by Gasteiger charge is 1.98. The van der Waals surface area contributed by atoms with E-state index >= 15 is 0 Å². The molecule has 0 saturated heterocycles. The second-order valence-electron chi connectivity index (χ2n) is 3.39. The van der Waals surface area contributed by atoms with Gasteiger partial charge in [-0.15, -0.1) is 12.6 Å². The molecule has 1 aromatic rings. The van der Waals surface area contributed by atoms with Crippen LogP contribution in [0.25, 0.3) is 6.08 Å². The average molecular weight is 228 g/mol. The summed E-state index contributed by atoms with van der Waals surface area (Å²) in [6, 6.07) is 7.89. The van der Waals surface area contributed by atoms with E-state index in [1.165, 1.54) is 0 Å². The van der Waals surface area contributed by atoms with Crippen molar-refractivity contribution in [2.24, 2.45) is 0 Å². The summed E-state index contributed by atoms with van der Waals surface area (Å²) in [5.74, 6) is 0. The van der Waals surface area contributed by atoms with Crippen LogP contribution in [0.5, 0.6) is 0 Å². The zero-order valence-electron chi connectivity index (χ0n) is 8.37. The summed E-state index contributed by atoms with van der Waals surface area (Å²) in [7, 11) is 3.98. The first-order chi connectivity index (χ1) is 6.59. The van der Waals surface area contributed by atoms with Crippen LogP contribution in [0.3, 0.4) is 0 Å². The lowest BCUT2D eigenvalue weighted by atomic mass is 10.2. The number of rotatable bonds is 3. The summed E-state index contributed by atoms with van der Waals surface area (Å²) in [6.45, 7) is 0.754. The lowest BCUT2D eigenvalue weighted by Crippen LogP contribution is -2.12. The quantitative estimate of drug-likeness (QED) is 0.777. The Kier molecular flexibility index (Phi) is 4.52. The number of benzene rings is 1.